The van der Waals surface area contributed by atoms with Crippen LogP contribution in [0.3, 0.4) is 0 Å². The van der Waals surface area contributed by atoms with Gasteiger partial charge in [0.2, 0.25) is 11.7 Å². The van der Waals surface area contributed by atoms with Crippen molar-refractivity contribution in [2.75, 3.05) is 14.2 Å². The number of benzene rings is 1. The lowest BCUT2D eigenvalue weighted by Gasteiger charge is -2.23. The number of rotatable bonds is 5. The van der Waals surface area contributed by atoms with Crippen molar-refractivity contribution < 1.29 is 33.7 Å². The highest BCUT2D eigenvalue weighted by Crippen LogP contribution is 2.28. The Labute approximate surface area is 132 Å². The Bertz CT molecular complexity index is 613. The summed E-state index contributed by atoms with van der Waals surface area (Å²) in [4.78, 5) is 35.1. The maximum atomic E-state index is 12.1. The van der Waals surface area contributed by atoms with Gasteiger partial charge in [-0.25, -0.2) is 4.79 Å². The molecule has 0 radical (unpaired) electrons. The number of esters is 2. The van der Waals surface area contributed by atoms with Crippen molar-refractivity contribution in [3.05, 3.63) is 29.8 Å². The summed E-state index contributed by atoms with van der Waals surface area (Å²) in [6.45, 7) is 0.133. The van der Waals surface area contributed by atoms with Crippen LogP contribution in [-0.4, -0.2) is 48.9 Å². The summed E-state index contributed by atoms with van der Waals surface area (Å²) in [7, 11) is 2.59. The predicted octanol–water partition coefficient (Wildman–Crippen LogP) is -0.469. The average molecular weight is 323 g/mol. The monoisotopic (exact) mass is 323 g/mol. The van der Waals surface area contributed by atoms with Gasteiger partial charge in [-0.05, 0) is 17.7 Å². The van der Waals surface area contributed by atoms with E-state index < -0.39 is 36.0 Å². The van der Waals surface area contributed by atoms with Gasteiger partial charge in [0.05, 0.1) is 20.6 Å². The zero-order valence-electron chi connectivity index (χ0n) is 12.7. The van der Waals surface area contributed by atoms with E-state index in [0.717, 1.165) is 12.7 Å². The molecule has 2 atom stereocenters. The van der Waals surface area contributed by atoms with Crippen LogP contribution in [0, 0.1) is 0 Å². The molecular weight excluding hydrogens is 306 g/mol. The van der Waals surface area contributed by atoms with Crippen molar-refractivity contribution in [2.24, 2.45) is 0 Å². The second-order valence-corrected chi connectivity index (χ2v) is 5.03. The number of carbonyl (C=O) groups is 3. The van der Waals surface area contributed by atoms with E-state index in [0.29, 0.717) is 5.75 Å². The third-order valence-electron chi connectivity index (χ3n) is 3.50. The number of nitrogens with one attached hydrogen (secondary N) is 1. The molecule has 0 unspecified atom stereocenters. The molecule has 1 heterocycles. The molecule has 8 heteroatoms. The zero-order chi connectivity index (χ0) is 17.0. The molecule has 0 bridgehead atoms. The fourth-order valence-electron chi connectivity index (χ4n) is 2.23. The van der Waals surface area contributed by atoms with Crippen molar-refractivity contribution in [3.63, 3.8) is 0 Å². The molecule has 124 valence electrons. The minimum atomic E-state index is -2.31. The Kier molecular flexibility index (Phi) is 4.85. The van der Waals surface area contributed by atoms with Crippen molar-refractivity contribution >= 4 is 17.8 Å². The summed E-state index contributed by atoms with van der Waals surface area (Å²) in [6.07, 6.45) is -2.26. The second-order valence-electron chi connectivity index (χ2n) is 5.03. The molecule has 23 heavy (non-hydrogen) atoms. The van der Waals surface area contributed by atoms with E-state index in [2.05, 4.69) is 10.1 Å². The molecular formula is C15H17NO7. The van der Waals surface area contributed by atoms with Crippen molar-refractivity contribution in [1.29, 1.82) is 0 Å². The first-order valence-electron chi connectivity index (χ1n) is 6.81. The Balaban J connectivity index is 2.03. The smallest absolute Gasteiger partial charge is 0.343 e. The minimum Gasteiger partial charge on any atom is -0.497 e. The molecule has 0 aliphatic carbocycles. The Morgan fingerprint density at radius 2 is 2.00 bits per heavy atom. The van der Waals surface area contributed by atoms with Crippen LogP contribution in [0.1, 0.15) is 12.0 Å². The summed E-state index contributed by atoms with van der Waals surface area (Å²) in [5.41, 5.74) is -1.54. The summed E-state index contributed by atoms with van der Waals surface area (Å²) in [6, 6.07) is 6.93. The normalized spacial score (nSPS) is 23.1. The van der Waals surface area contributed by atoms with E-state index in [9.17, 15) is 19.5 Å². The topological polar surface area (TPSA) is 111 Å². The van der Waals surface area contributed by atoms with Crippen LogP contribution in [0.5, 0.6) is 5.75 Å². The molecule has 0 saturated carbocycles. The third-order valence-corrected chi connectivity index (χ3v) is 3.50. The van der Waals surface area contributed by atoms with Crippen LogP contribution in [0.25, 0.3) is 0 Å². The van der Waals surface area contributed by atoms with Crippen LogP contribution in [0.15, 0.2) is 24.3 Å². The van der Waals surface area contributed by atoms with Gasteiger partial charge >= 0.3 is 11.9 Å². The van der Waals surface area contributed by atoms with Gasteiger partial charge in [-0.2, -0.15) is 0 Å². The SMILES string of the molecule is COC(=O)[C@@]1(O)CC(=O)O[C@@H]1C(=O)NCc1ccc(OC)cc1. The Morgan fingerprint density at radius 1 is 1.35 bits per heavy atom. The van der Waals surface area contributed by atoms with E-state index in [4.69, 9.17) is 9.47 Å². The molecule has 0 aromatic heterocycles. The number of ether oxygens (including phenoxy) is 3. The summed E-state index contributed by atoms with van der Waals surface area (Å²) < 4.78 is 14.2. The number of cyclic esters (lactones) is 1. The lowest BCUT2D eigenvalue weighted by Crippen LogP contribution is -2.53. The molecule has 2 rings (SSSR count). The molecule has 0 spiro atoms. The van der Waals surface area contributed by atoms with E-state index in [1.54, 1.807) is 31.4 Å². The standard InChI is InChI=1S/C15H17NO7/c1-21-10-5-3-9(4-6-10)8-16-13(18)12-15(20,14(19)22-2)7-11(17)23-12/h3-6,12,20H,7-8H2,1-2H3,(H,16,18)/t12-,15-/m1/s1. The maximum absolute atomic E-state index is 12.1. The summed E-state index contributed by atoms with van der Waals surface area (Å²) >= 11 is 0. The highest BCUT2D eigenvalue weighted by Gasteiger charge is 2.58. The van der Waals surface area contributed by atoms with E-state index in [1.165, 1.54) is 0 Å². The molecule has 2 N–H and O–H groups in total. The molecule has 1 aliphatic rings. The zero-order valence-corrected chi connectivity index (χ0v) is 12.7. The highest BCUT2D eigenvalue weighted by atomic mass is 16.6. The van der Waals surface area contributed by atoms with Gasteiger partial charge < -0.3 is 24.6 Å². The molecule has 1 aromatic carbocycles. The van der Waals surface area contributed by atoms with Crippen molar-refractivity contribution in [2.45, 2.75) is 24.7 Å². The number of hydrogen-bond donors (Lipinski definition) is 2. The van der Waals surface area contributed by atoms with Gasteiger partial charge in [-0.15, -0.1) is 0 Å². The van der Waals surface area contributed by atoms with E-state index in [-0.39, 0.29) is 6.54 Å². The van der Waals surface area contributed by atoms with Gasteiger partial charge in [0.15, 0.2) is 0 Å². The maximum Gasteiger partial charge on any atom is 0.343 e. The minimum absolute atomic E-state index is 0.133. The quantitative estimate of drug-likeness (QED) is 0.705. The van der Waals surface area contributed by atoms with Crippen LogP contribution < -0.4 is 10.1 Å². The summed E-state index contributed by atoms with van der Waals surface area (Å²) in [5, 5.41) is 12.7. The molecule has 1 aliphatic heterocycles. The first-order chi connectivity index (χ1) is 10.9. The summed E-state index contributed by atoms with van der Waals surface area (Å²) in [5.74, 6) is -2.04. The lowest BCUT2D eigenvalue weighted by atomic mass is 9.95. The van der Waals surface area contributed by atoms with Gasteiger partial charge in [0.1, 0.15) is 5.75 Å². The number of hydrogen-bond acceptors (Lipinski definition) is 7. The van der Waals surface area contributed by atoms with Crippen molar-refractivity contribution in [3.8, 4) is 5.75 Å². The van der Waals surface area contributed by atoms with E-state index in [1.807, 2.05) is 0 Å². The first kappa shape index (κ1) is 16.8. The Morgan fingerprint density at radius 3 is 2.57 bits per heavy atom. The molecule has 8 nitrogen and oxygen atoms in total. The van der Waals surface area contributed by atoms with Crippen LogP contribution in [0.2, 0.25) is 0 Å². The van der Waals surface area contributed by atoms with Crippen LogP contribution in [0.4, 0.5) is 0 Å². The fourth-order valence-corrected chi connectivity index (χ4v) is 2.23. The largest absolute Gasteiger partial charge is 0.497 e. The average Bonchev–Trinajstić information content (AvgIpc) is 2.88. The number of carbonyl (C=O) groups excluding carboxylic acids is 3. The lowest BCUT2D eigenvalue weighted by molar-refractivity contribution is -0.172. The van der Waals surface area contributed by atoms with Gasteiger partial charge in [0, 0.05) is 6.54 Å². The number of methoxy groups -OCH3 is 2. The van der Waals surface area contributed by atoms with Crippen molar-refractivity contribution in [1.82, 2.24) is 5.32 Å². The van der Waals surface area contributed by atoms with E-state index >= 15 is 0 Å². The van der Waals surface area contributed by atoms with Gasteiger partial charge in [0.25, 0.3) is 5.91 Å². The highest BCUT2D eigenvalue weighted by molar-refractivity contribution is 5.98. The molecule has 1 amide bonds. The molecule has 1 aromatic rings. The fraction of sp³-hybridized carbons (Fsp3) is 0.400. The van der Waals surface area contributed by atoms with Crippen LogP contribution in [-0.2, 0) is 30.4 Å². The van der Waals surface area contributed by atoms with Gasteiger partial charge in [-0.1, -0.05) is 12.1 Å². The Hall–Kier alpha value is -2.61. The number of amides is 1. The second kappa shape index (κ2) is 6.66. The molecule has 1 fully saturated rings. The first-order valence-corrected chi connectivity index (χ1v) is 6.81. The number of aliphatic hydroxyl groups is 1. The molecule has 1 saturated heterocycles. The van der Waals surface area contributed by atoms with Gasteiger partial charge in [-0.3, -0.25) is 9.59 Å². The predicted molar refractivity (Wildman–Crippen MR) is 76.3 cm³/mol. The van der Waals surface area contributed by atoms with Crippen LogP contribution >= 0.6 is 0 Å². The third kappa shape index (κ3) is 3.42.